The zero-order valence-corrected chi connectivity index (χ0v) is 28.3. The van der Waals surface area contributed by atoms with Gasteiger partial charge in [-0.1, -0.05) is 78.4 Å². The lowest BCUT2D eigenvalue weighted by Gasteiger charge is -2.40. The lowest BCUT2D eigenvalue weighted by Crippen LogP contribution is -2.56. The molecule has 0 N–H and O–H groups in total. The molecule has 5 heterocycles. The third kappa shape index (κ3) is 3.55. The number of thiophene rings is 1. The SMILES string of the molecule is Cc1cc(C)c(-c2ccc3c(c2)c2ccnc4c2n3B2c3ccccc3N(c3ccccc3)c3cc5sc6ccccc6c5c-4c32)c(C)c1. The van der Waals surface area contributed by atoms with Gasteiger partial charge in [0.25, 0.3) is 0 Å². The summed E-state index contributed by atoms with van der Waals surface area (Å²) in [5.41, 5.74) is 17.6. The molecular weight excluding hydrogens is 613 g/mol. The van der Waals surface area contributed by atoms with Crippen LogP contribution in [0.15, 0.2) is 128 Å². The first-order chi connectivity index (χ1) is 24.1. The van der Waals surface area contributed by atoms with Crippen molar-refractivity contribution in [2.45, 2.75) is 20.8 Å². The largest absolute Gasteiger partial charge is 0.374 e. The van der Waals surface area contributed by atoms with Crippen LogP contribution in [-0.2, 0) is 0 Å². The van der Waals surface area contributed by atoms with E-state index < -0.39 is 0 Å². The fourth-order valence-electron chi connectivity index (χ4n) is 9.17. The first-order valence-corrected chi connectivity index (χ1v) is 17.8. The molecule has 3 nitrogen and oxygen atoms in total. The molecule has 0 radical (unpaired) electrons. The number of fused-ring (bicyclic) bond motifs is 11. The molecule has 0 amide bonds. The summed E-state index contributed by atoms with van der Waals surface area (Å²) in [5, 5.41) is 5.16. The Kier molecular flexibility index (Phi) is 5.42. The molecule has 11 rings (SSSR count). The first kappa shape index (κ1) is 27.3. The number of aryl methyl sites for hydroxylation is 3. The summed E-state index contributed by atoms with van der Waals surface area (Å²) in [6, 6.07) is 45.2. The quantitative estimate of drug-likeness (QED) is 0.175. The number of aromatic nitrogens is 2. The Morgan fingerprint density at radius 1 is 0.633 bits per heavy atom. The van der Waals surface area contributed by atoms with Crippen LogP contribution in [0.25, 0.3) is 64.4 Å². The number of hydrogen-bond acceptors (Lipinski definition) is 3. The van der Waals surface area contributed by atoms with Crippen molar-refractivity contribution in [3.05, 3.63) is 144 Å². The molecule has 0 bridgehead atoms. The van der Waals surface area contributed by atoms with Gasteiger partial charge in [-0.3, -0.25) is 4.98 Å². The molecule has 5 heteroatoms. The minimum Gasteiger partial charge on any atom is -0.374 e. The average molecular weight is 644 g/mol. The fourth-order valence-corrected chi connectivity index (χ4v) is 10.3. The highest BCUT2D eigenvalue weighted by molar-refractivity contribution is 7.26. The van der Waals surface area contributed by atoms with Crippen molar-refractivity contribution in [3.63, 3.8) is 0 Å². The molecular formula is C44H30BN3S. The molecule has 0 saturated carbocycles. The average Bonchev–Trinajstić information content (AvgIpc) is 3.65. The van der Waals surface area contributed by atoms with Gasteiger partial charge in [-0.2, -0.15) is 0 Å². The number of rotatable bonds is 2. The van der Waals surface area contributed by atoms with Crippen molar-refractivity contribution >= 4 is 88.2 Å². The standard InChI is InChI=1S/C44H30BN3S/c1-25-21-26(2)39(27(3)22-25)28-17-18-34-32(23-28)30-19-20-46-43-41-40-31-13-7-10-16-37(31)49-38(40)24-36-42(41)45(48(34)44(30)43)33-14-8-9-15-35(33)47(36)29-11-5-4-6-12-29/h4-24H,1-3H3. The predicted molar refractivity (Wildman–Crippen MR) is 210 cm³/mol. The van der Waals surface area contributed by atoms with Crippen LogP contribution in [0.5, 0.6) is 0 Å². The minimum atomic E-state index is -0.00498. The smallest absolute Gasteiger partial charge is 0.333 e. The van der Waals surface area contributed by atoms with Crippen molar-refractivity contribution < 1.29 is 0 Å². The summed E-state index contributed by atoms with van der Waals surface area (Å²) in [6.45, 7) is 6.66. The monoisotopic (exact) mass is 643 g/mol. The van der Waals surface area contributed by atoms with Gasteiger partial charge in [0.2, 0.25) is 0 Å². The molecule has 6 aromatic carbocycles. The second-order valence-corrected chi connectivity index (χ2v) is 14.8. The Balaban J connectivity index is 1.32. The molecule has 49 heavy (non-hydrogen) atoms. The third-order valence-corrected chi connectivity index (χ3v) is 12.0. The van der Waals surface area contributed by atoms with E-state index in [0.29, 0.717) is 0 Å². The van der Waals surface area contributed by atoms with Crippen LogP contribution < -0.4 is 15.8 Å². The molecule has 0 saturated heterocycles. The molecule has 2 aliphatic heterocycles. The summed E-state index contributed by atoms with van der Waals surface area (Å²) in [6.07, 6.45) is 2.03. The minimum absolute atomic E-state index is 0.00498. The van der Waals surface area contributed by atoms with E-state index in [2.05, 4.69) is 151 Å². The zero-order chi connectivity index (χ0) is 32.5. The number of pyridine rings is 1. The Morgan fingerprint density at radius 2 is 1.41 bits per heavy atom. The number of para-hydroxylation sites is 2. The third-order valence-electron chi connectivity index (χ3n) is 10.9. The van der Waals surface area contributed by atoms with E-state index in [0.717, 1.165) is 5.69 Å². The molecule has 230 valence electrons. The summed E-state index contributed by atoms with van der Waals surface area (Å²) in [5.74, 6) is 0. The van der Waals surface area contributed by atoms with E-state index in [1.807, 2.05) is 17.5 Å². The van der Waals surface area contributed by atoms with E-state index in [9.17, 15) is 0 Å². The zero-order valence-electron chi connectivity index (χ0n) is 27.5. The molecule has 2 aliphatic rings. The summed E-state index contributed by atoms with van der Waals surface area (Å²) < 4.78 is 5.21. The van der Waals surface area contributed by atoms with Crippen molar-refractivity contribution in [1.29, 1.82) is 0 Å². The van der Waals surface area contributed by atoms with E-state index in [4.69, 9.17) is 4.98 Å². The normalized spacial score (nSPS) is 13.1. The summed E-state index contributed by atoms with van der Waals surface area (Å²) in [7, 11) is 0. The van der Waals surface area contributed by atoms with Crippen LogP contribution >= 0.6 is 11.3 Å². The van der Waals surface area contributed by atoms with Gasteiger partial charge in [0.05, 0.1) is 11.2 Å². The van der Waals surface area contributed by atoms with Gasteiger partial charge >= 0.3 is 6.85 Å². The van der Waals surface area contributed by atoms with Crippen LogP contribution in [0, 0.1) is 20.8 Å². The van der Waals surface area contributed by atoms with Gasteiger partial charge in [-0.15, -0.1) is 11.3 Å². The molecule has 0 fully saturated rings. The molecule has 0 spiro atoms. The van der Waals surface area contributed by atoms with E-state index in [1.165, 1.54) is 103 Å². The van der Waals surface area contributed by atoms with Crippen molar-refractivity contribution in [1.82, 2.24) is 9.46 Å². The maximum absolute atomic E-state index is 5.28. The van der Waals surface area contributed by atoms with Gasteiger partial charge in [-0.05, 0) is 102 Å². The Morgan fingerprint density at radius 3 is 2.27 bits per heavy atom. The number of benzene rings is 6. The van der Waals surface area contributed by atoms with Crippen LogP contribution in [0.3, 0.4) is 0 Å². The topological polar surface area (TPSA) is 21.1 Å². The molecule has 9 aromatic rings. The maximum atomic E-state index is 5.28. The number of nitrogens with zero attached hydrogens (tertiary/aromatic N) is 3. The lowest BCUT2D eigenvalue weighted by atomic mass is 9.45. The van der Waals surface area contributed by atoms with Crippen molar-refractivity contribution in [2.24, 2.45) is 0 Å². The second kappa shape index (κ2) is 9.71. The van der Waals surface area contributed by atoms with Gasteiger partial charge in [0, 0.05) is 65.3 Å². The Labute approximate surface area is 288 Å². The molecule has 0 aliphatic carbocycles. The van der Waals surface area contributed by atoms with Crippen molar-refractivity contribution in [3.8, 4) is 22.4 Å². The summed E-state index contributed by atoms with van der Waals surface area (Å²) in [4.78, 5) is 7.76. The Hall–Kier alpha value is -5.65. The number of anilines is 3. The molecule has 3 aromatic heterocycles. The maximum Gasteiger partial charge on any atom is 0.333 e. The van der Waals surface area contributed by atoms with Crippen LogP contribution in [0.2, 0.25) is 0 Å². The highest BCUT2D eigenvalue weighted by Crippen LogP contribution is 2.50. The molecule has 0 unspecified atom stereocenters. The highest BCUT2D eigenvalue weighted by Gasteiger charge is 2.44. The van der Waals surface area contributed by atoms with Gasteiger partial charge in [0.15, 0.2) is 0 Å². The lowest BCUT2D eigenvalue weighted by molar-refractivity contribution is 1.24. The Bertz CT molecular complexity index is 2860. The predicted octanol–water partition coefficient (Wildman–Crippen LogP) is 10.6. The van der Waals surface area contributed by atoms with Gasteiger partial charge in [0.1, 0.15) is 0 Å². The van der Waals surface area contributed by atoms with E-state index in [-0.39, 0.29) is 6.85 Å². The summed E-state index contributed by atoms with van der Waals surface area (Å²) >= 11 is 1.89. The fraction of sp³-hybridized carbons (Fsp3) is 0.0682. The van der Waals surface area contributed by atoms with Crippen LogP contribution in [0.4, 0.5) is 17.1 Å². The highest BCUT2D eigenvalue weighted by atomic mass is 32.1. The second-order valence-electron chi connectivity index (χ2n) is 13.7. The van der Waals surface area contributed by atoms with Crippen molar-refractivity contribution in [2.75, 3.05) is 4.90 Å². The number of hydrogen-bond donors (Lipinski definition) is 0. The van der Waals surface area contributed by atoms with Crippen LogP contribution in [-0.4, -0.2) is 16.3 Å². The van der Waals surface area contributed by atoms with Crippen LogP contribution in [0.1, 0.15) is 16.7 Å². The first-order valence-electron chi connectivity index (χ1n) is 17.0. The molecule has 0 atom stereocenters. The van der Waals surface area contributed by atoms with Gasteiger partial charge < -0.3 is 9.38 Å². The van der Waals surface area contributed by atoms with Gasteiger partial charge in [-0.25, -0.2) is 0 Å². The van der Waals surface area contributed by atoms with E-state index >= 15 is 0 Å². The van der Waals surface area contributed by atoms with E-state index in [1.54, 1.807) is 0 Å².